The number of carboxylic acids is 1. The first-order valence-corrected chi connectivity index (χ1v) is 8.65. The Hall–Kier alpha value is -2.76. The van der Waals surface area contributed by atoms with Crippen LogP contribution in [0.2, 0.25) is 0 Å². The van der Waals surface area contributed by atoms with Crippen LogP contribution >= 0.6 is 0 Å². The highest BCUT2D eigenvalue weighted by Crippen LogP contribution is 2.31. The molecule has 1 saturated carbocycles. The molecule has 25 heavy (non-hydrogen) atoms. The minimum Gasteiger partial charge on any atom is -0.478 e. The van der Waals surface area contributed by atoms with Crippen LogP contribution in [0.3, 0.4) is 0 Å². The number of carbonyl (C=O) groups is 2. The SMILES string of the molecule is O=C(O)c1ccc2c(c1)CCCC(=Cc1cn(C3CCC3)nn1)C2=O. The number of carbonyl (C=O) groups excluding carboxylic acids is 1. The molecule has 2 aliphatic rings. The largest absolute Gasteiger partial charge is 0.478 e. The maximum Gasteiger partial charge on any atom is 0.335 e. The first-order valence-electron chi connectivity index (χ1n) is 8.65. The average molecular weight is 337 g/mol. The molecule has 1 N–H and O–H groups in total. The third-order valence-electron chi connectivity index (χ3n) is 5.08. The number of allylic oxidation sites excluding steroid dienone is 1. The van der Waals surface area contributed by atoms with Gasteiger partial charge in [0.25, 0.3) is 0 Å². The number of hydrogen-bond donors (Lipinski definition) is 1. The molecule has 1 heterocycles. The maximum atomic E-state index is 12.9. The van der Waals surface area contributed by atoms with E-state index in [1.54, 1.807) is 12.1 Å². The number of Topliss-reactive ketones (excluding diaryl/α,β-unsaturated/α-hetero) is 1. The van der Waals surface area contributed by atoms with Gasteiger partial charge in [-0.2, -0.15) is 0 Å². The number of fused-ring (bicyclic) bond motifs is 1. The molecule has 1 aromatic carbocycles. The lowest BCUT2D eigenvalue weighted by atomic mass is 9.93. The first-order chi connectivity index (χ1) is 12.1. The maximum absolute atomic E-state index is 12.9. The second-order valence-electron chi connectivity index (χ2n) is 6.74. The Balaban J connectivity index is 1.63. The summed E-state index contributed by atoms with van der Waals surface area (Å²) >= 11 is 0. The highest BCUT2D eigenvalue weighted by Gasteiger charge is 2.23. The van der Waals surface area contributed by atoms with Crippen molar-refractivity contribution in [2.45, 2.75) is 44.6 Å². The Labute approximate surface area is 145 Å². The highest BCUT2D eigenvalue weighted by molar-refractivity contribution is 6.12. The lowest BCUT2D eigenvalue weighted by molar-refractivity contribution is 0.0696. The molecule has 4 rings (SSSR count). The van der Waals surface area contributed by atoms with Gasteiger partial charge in [0.15, 0.2) is 5.78 Å². The van der Waals surface area contributed by atoms with Gasteiger partial charge < -0.3 is 5.11 Å². The molecule has 0 saturated heterocycles. The fourth-order valence-electron chi connectivity index (χ4n) is 3.41. The van der Waals surface area contributed by atoms with Gasteiger partial charge in [-0.25, -0.2) is 9.48 Å². The Kier molecular flexibility index (Phi) is 3.95. The molecule has 6 heteroatoms. The van der Waals surface area contributed by atoms with E-state index < -0.39 is 5.97 Å². The average Bonchev–Trinajstić information content (AvgIpc) is 2.93. The quantitative estimate of drug-likeness (QED) is 0.686. The van der Waals surface area contributed by atoms with E-state index >= 15 is 0 Å². The summed E-state index contributed by atoms with van der Waals surface area (Å²) in [5, 5.41) is 17.5. The Morgan fingerprint density at radius 3 is 2.80 bits per heavy atom. The van der Waals surface area contributed by atoms with Crippen molar-refractivity contribution < 1.29 is 14.7 Å². The number of aromatic nitrogens is 3. The molecule has 2 aliphatic carbocycles. The predicted molar refractivity (Wildman–Crippen MR) is 91.6 cm³/mol. The van der Waals surface area contributed by atoms with E-state index in [0.717, 1.165) is 24.8 Å². The van der Waals surface area contributed by atoms with Gasteiger partial charge in [0, 0.05) is 11.1 Å². The van der Waals surface area contributed by atoms with Crippen molar-refractivity contribution >= 4 is 17.8 Å². The molecule has 0 unspecified atom stereocenters. The number of carboxylic acid groups (broad SMARTS) is 1. The van der Waals surface area contributed by atoms with Gasteiger partial charge >= 0.3 is 5.97 Å². The summed E-state index contributed by atoms with van der Waals surface area (Å²) in [6, 6.07) is 5.19. The fraction of sp³-hybridized carbons (Fsp3) is 0.368. The van der Waals surface area contributed by atoms with Gasteiger partial charge in [-0.15, -0.1) is 5.10 Å². The summed E-state index contributed by atoms with van der Waals surface area (Å²) in [4.78, 5) is 24.0. The van der Waals surface area contributed by atoms with E-state index in [1.807, 2.05) is 17.0 Å². The second-order valence-corrected chi connectivity index (χ2v) is 6.74. The van der Waals surface area contributed by atoms with E-state index in [-0.39, 0.29) is 11.3 Å². The monoisotopic (exact) mass is 337 g/mol. The van der Waals surface area contributed by atoms with Crippen molar-refractivity contribution in [2.75, 3.05) is 0 Å². The van der Waals surface area contributed by atoms with Gasteiger partial charge in [-0.05, 0) is 68.4 Å². The number of aryl methyl sites for hydroxylation is 1. The summed E-state index contributed by atoms with van der Waals surface area (Å²) in [7, 11) is 0. The van der Waals surface area contributed by atoms with E-state index in [9.17, 15) is 9.59 Å². The van der Waals surface area contributed by atoms with Gasteiger partial charge in [0.05, 0.1) is 17.8 Å². The zero-order valence-corrected chi connectivity index (χ0v) is 13.8. The minimum absolute atomic E-state index is 0.0392. The number of nitrogens with zero attached hydrogens (tertiary/aromatic N) is 3. The summed E-state index contributed by atoms with van der Waals surface area (Å²) in [5.41, 5.74) is 3.05. The van der Waals surface area contributed by atoms with Crippen molar-refractivity contribution in [1.29, 1.82) is 0 Å². The van der Waals surface area contributed by atoms with Crippen LogP contribution in [0.25, 0.3) is 6.08 Å². The summed E-state index contributed by atoms with van der Waals surface area (Å²) < 4.78 is 1.89. The van der Waals surface area contributed by atoms with E-state index in [1.165, 1.54) is 12.5 Å². The minimum atomic E-state index is -0.970. The molecule has 1 fully saturated rings. The molecule has 6 nitrogen and oxygen atoms in total. The Bertz CT molecular complexity index is 878. The zero-order chi connectivity index (χ0) is 17.4. The molecule has 0 atom stereocenters. The van der Waals surface area contributed by atoms with Crippen LogP contribution in [0, 0.1) is 0 Å². The first kappa shape index (κ1) is 15.7. The number of hydrogen-bond acceptors (Lipinski definition) is 4. The fourth-order valence-corrected chi connectivity index (χ4v) is 3.41. The molecule has 0 radical (unpaired) electrons. The zero-order valence-electron chi connectivity index (χ0n) is 13.8. The van der Waals surface area contributed by atoms with Crippen molar-refractivity contribution in [3.63, 3.8) is 0 Å². The van der Waals surface area contributed by atoms with Crippen LogP contribution in [0.4, 0.5) is 0 Å². The molecule has 0 bridgehead atoms. The van der Waals surface area contributed by atoms with Crippen molar-refractivity contribution in [3.05, 3.63) is 52.4 Å². The van der Waals surface area contributed by atoms with E-state index in [0.29, 0.717) is 35.7 Å². The summed E-state index contributed by atoms with van der Waals surface area (Å²) in [6.45, 7) is 0. The van der Waals surface area contributed by atoms with Gasteiger partial charge in [-0.3, -0.25) is 4.79 Å². The van der Waals surface area contributed by atoms with Crippen molar-refractivity contribution in [2.24, 2.45) is 0 Å². The topological polar surface area (TPSA) is 85.1 Å². The van der Waals surface area contributed by atoms with Crippen LogP contribution in [0.5, 0.6) is 0 Å². The second kappa shape index (κ2) is 6.27. The van der Waals surface area contributed by atoms with E-state index in [4.69, 9.17) is 5.11 Å². The van der Waals surface area contributed by atoms with E-state index in [2.05, 4.69) is 10.3 Å². The molecule has 128 valence electrons. The van der Waals surface area contributed by atoms with Gasteiger partial charge in [0.2, 0.25) is 0 Å². The Morgan fingerprint density at radius 1 is 1.24 bits per heavy atom. The van der Waals surface area contributed by atoms with Crippen molar-refractivity contribution in [1.82, 2.24) is 15.0 Å². The third-order valence-corrected chi connectivity index (χ3v) is 5.08. The van der Waals surface area contributed by atoms with Crippen molar-refractivity contribution in [3.8, 4) is 0 Å². The summed E-state index contributed by atoms with van der Waals surface area (Å²) in [5.74, 6) is -1.01. The number of ketones is 1. The Morgan fingerprint density at radius 2 is 2.08 bits per heavy atom. The number of aromatic carboxylic acids is 1. The molecule has 0 spiro atoms. The highest BCUT2D eigenvalue weighted by atomic mass is 16.4. The molecular weight excluding hydrogens is 318 g/mol. The smallest absolute Gasteiger partial charge is 0.335 e. The normalized spacial score (nSPS) is 19.4. The van der Waals surface area contributed by atoms with Crippen LogP contribution in [0.1, 0.15) is 70.1 Å². The lowest BCUT2D eigenvalue weighted by Gasteiger charge is -2.24. The molecule has 1 aromatic heterocycles. The number of rotatable bonds is 3. The van der Waals surface area contributed by atoms with Crippen LogP contribution in [0.15, 0.2) is 30.0 Å². The van der Waals surface area contributed by atoms with Crippen LogP contribution in [-0.2, 0) is 6.42 Å². The summed E-state index contributed by atoms with van der Waals surface area (Å²) in [6.07, 6.45) is 9.41. The molecule has 0 aliphatic heterocycles. The van der Waals surface area contributed by atoms with Crippen LogP contribution in [-0.4, -0.2) is 31.9 Å². The lowest BCUT2D eigenvalue weighted by Crippen LogP contribution is -2.17. The predicted octanol–water partition coefficient (Wildman–Crippen LogP) is 3.30. The number of benzene rings is 1. The molecule has 0 amide bonds. The van der Waals surface area contributed by atoms with Crippen LogP contribution < -0.4 is 0 Å². The molecular formula is C19H19N3O3. The standard InChI is InChI=1S/C19H19N3O3/c23-18-13(10-15-11-22(21-20-15)16-5-2-6-16)4-1-3-12-9-14(19(24)25)7-8-17(12)18/h7-11,16H,1-6H2,(H,24,25). The van der Waals surface area contributed by atoms with Gasteiger partial charge in [-0.1, -0.05) is 5.21 Å². The van der Waals surface area contributed by atoms with Gasteiger partial charge in [0.1, 0.15) is 5.69 Å². The third kappa shape index (κ3) is 2.99. The molecule has 2 aromatic rings.